The number of hydrogen-bond donors (Lipinski definition) is 1. The highest BCUT2D eigenvalue weighted by molar-refractivity contribution is 6.16. The predicted molar refractivity (Wildman–Crippen MR) is 38.1 cm³/mol. The molecule has 0 atom stereocenters. The summed E-state index contributed by atoms with van der Waals surface area (Å²) in [6, 6.07) is 0. The number of aromatic nitrogens is 3. The summed E-state index contributed by atoms with van der Waals surface area (Å²) in [4.78, 5) is 10.8. The Balaban J connectivity index is 3.13. The molecule has 0 unspecified atom stereocenters. The SMILES string of the molecule is CCn1c(CCl)n[nH]c1=O. The third-order valence-electron chi connectivity index (χ3n) is 1.27. The Labute approximate surface area is 62.8 Å². The van der Waals surface area contributed by atoms with Crippen LogP contribution in [0.4, 0.5) is 0 Å². The summed E-state index contributed by atoms with van der Waals surface area (Å²) in [5.41, 5.74) is -0.196. The van der Waals surface area contributed by atoms with Gasteiger partial charge in [-0.2, -0.15) is 5.10 Å². The van der Waals surface area contributed by atoms with E-state index in [-0.39, 0.29) is 11.6 Å². The average molecular weight is 162 g/mol. The van der Waals surface area contributed by atoms with E-state index in [1.165, 1.54) is 4.57 Å². The van der Waals surface area contributed by atoms with Crippen molar-refractivity contribution in [2.24, 2.45) is 0 Å². The van der Waals surface area contributed by atoms with Crippen LogP contribution in [-0.2, 0) is 12.4 Å². The van der Waals surface area contributed by atoms with Gasteiger partial charge in [-0.15, -0.1) is 11.6 Å². The van der Waals surface area contributed by atoms with Gasteiger partial charge in [0.1, 0.15) is 5.82 Å². The van der Waals surface area contributed by atoms with Crippen LogP contribution in [-0.4, -0.2) is 14.8 Å². The van der Waals surface area contributed by atoms with Crippen molar-refractivity contribution in [3.8, 4) is 0 Å². The highest BCUT2D eigenvalue weighted by Crippen LogP contribution is 1.94. The zero-order chi connectivity index (χ0) is 7.56. The minimum Gasteiger partial charge on any atom is -0.278 e. The number of hydrogen-bond acceptors (Lipinski definition) is 2. The molecule has 0 aliphatic rings. The molecule has 0 aliphatic heterocycles. The molecule has 1 aromatic rings. The van der Waals surface area contributed by atoms with Gasteiger partial charge in [0.2, 0.25) is 0 Å². The highest BCUT2D eigenvalue weighted by Gasteiger charge is 2.02. The lowest BCUT2D eigenvalue weighted by Crippen LogP contribution is -2.16. The van der Waals surface area contributed by atoms with Crippen molar-refractivity contribution < 1.29 is 0 Å². The van der Waals surface area contributed by atoms with Gasteiger partial charge in [0.15, 0.2) is 0 Å². The second-order valence-corrected chi connectivity index (χ2v) is 2.09. The van der Waals surface area contributed by atoms with Crippen LogP contribution in [0.15, 0.2) is 4.79 Å². The lowest BCUT2D eigenvalue weighted by atomic mass is 10.6. The molecule has 0 bridgehead atoms. The van der Waals surface area contributed by atoms with Gasteiger partial charge in [-0.25, -0.2) is 9.89 Å². The fourth-order valence-electron chi connectivity index (χ4n) is 0.778. The molecule has 0 fully saturated rings. The Kier molecular flexibility index (Phi) is 2.11. The fraction of sp³-hybridized carbons (Fsp3) is 0.600. The van der Waals surface area contributed by atoms with Gasteiger partial charge in [0, 0.05) is 6.54 Å². The predicted octanol–water partition coefficient (Wildman–Crippen LogP) is 0.330. The smallest absolute Gasteiger partial charge is 0.278 e. The maximum atomic E-state index is 10.8. The first-order chi connectivity index (χ1) is 4.79. The summed E-state index contributed by atoms with van der Waals surface area (Å²) in [7, 11) is 0. The molecule has 4 nitrogen and oxygen atoms in total. The molecular weight excluding hydrogens is 154 g/mol. The number of alkyl halides is 1. The molecule has 56 valence electrons. The minimum atomic E-state index is -0.196. The molecular formula is C5H8ClN3O. The van der Waals surface area contributed by atoms with E-state index >= 15 is 0 Å². The summed E-state index contributed by atoms with van der Waals surface area (Å²) in [5.74, 6) is 0.862. The van der Waals surface area contributed by atoms with Gasteiger partial charge in [-0.05, 0) is 6.92 Å². The van der Waals surface area contributed by atoms with Gasteiger partial charge in [0.25, 0.3) is 0 Å². The Morgan fingerprint density at radius 1 is 1.80 bits per heavy atom. The topological polar surface area (TPSA) is 50.7 Å². The normalized spacial score (nSPS) is 10.2. The van der Waals surface area contributed by atoms with Gasteiger partial charge in [-0.1, -0.05) is 0 Å². The Hall–Kier alpha value is -0.770. The zero-order valence-electron chi connectivity index (χ0n) is 5.59. The van der Waals surface area contributed by atoms with Crippen molar-refractivity contribution in [2.45, 2.75) is 19.3 Å². The van der Waals surface area contributed by atoms with E-state index in [4.69, 9.17) is 11.6 Å². The van der Waals surface area contributed by atoms with Gasteiger partial charge in [0.05, 0.1) is 5.88 Å². The molecule has 0 radical (unpaired) electrons. The van der Waals surface area contributed by atoms with Crippen LogP contribution in [0.2, 0.25) is 0 Å². The number of H-pyrrole nitrogens is 1. The second kappa shape index (κ2) is 2.88. The fourth-order valence-corrected chi connectivity index (χ4v) is 0.982. The lowest BCUT2D eigenvalue weighted by Gasteiger charge is -1.94. The summed E-state index contributed by atoms with van der Waals surface area (Å²) in [6.45, 7) is 2.48. The first-order valence-corrected chi connectivity index (χ1v) is 3.53. The second-order valence-electron chi connectivity index (χ2n) is 1.82. The van der Waals surface area contributed by atoms with Gasteiger partial charge >= 0.3 is 5.69 Å². The van der Waals surface area contributed by atoms with Crippen molar-refractivity contribution >= 4 is 11.6 Å². The van der Waals surface area contributed by atoms with Crippen LogP contribution >= 0.6 is 11.6 Å². The molecule has 0 saturated carbocycles. The molecule has 10 heavy (non-hydrogen) atoms. The average Bonchev–Trinajstić information content (AvgIpc) is 2.30. The maximum absolute atomic E-state index is 10.8. The van der Waals surface area contributed by atoms with Crippen molar-refractivity contribution in [3.63, 3.8) is 0 Å². The molecule has 0 aliphatic carbocycles. The standard InChI is InChI=1S/C5H8ClN3O/c1-2-9-4(3-6)7-8-5(9)10/h2-3H2,1H3,(H,8,10). The Morgan fingerprint density at radius 3 is 2.90 bits per heavy atom. The van der Waals surface area contributed by atoms with Crippen molar-refractivity contribution in [2.75, 3.05) is 0 Å². The number of nitrogens with zero attached hydrogens (tertiary/aromatic N) is 2. The highest BCUT2D eigenvalue weighted by atomic mass is 35.5. The summed E-state index contributed by atoms with van der Waals surface area (Å²) in [5, 5.41) is 6.01. The Morgan fingerprint density at radius 2 is 2.50 bits per heavy atom. The molecule has 1 aromatic heterocycles. The van der Waals surface area contributed by atoms with E-state index in [1.54, 1.807) is 0 Å². The number of rotatable bonds is 2. The first kappa shape index (κ1) is 7.34. The van der Waals surface area contributed by atoms with Crippen LogP contribution in [0, 0.1) is 0 Å². The van der Waals surface area contributed by atoms with Crippen molar-refractivity contribution in [3.05, 3.63) is 16.3 Å². The third-order valence-corrected chi connectivity index (χ3v) is 1.51. The molecule has 1 N–H and O–H groups in total. The van der Waals surface area contributed by atoms with Crippen LogP contribution < -0.4 is 5.69 Å². The summed E-state index contributed by atoms with van der Waals surface area (Å²) >= 11 is 5.48. The number of aromatic amines is 1. The molecule has 0 amide bonds. The molecule has 1 rings (SSSR count). The van der Waals surface area contributed by atoms with E-state index in [1.807, 2.05) is 6.92 Å². The van der Waals surface area contributed by atoms with Crippen molar-refractivity contribution in [1.82, 2.24) is 14.8 Å². The van der Waals surface area contributed by atoms with E-state index in [0.717, 1.165) is 0 Å². The molecule has 1 heterocycles. The van der Waals surface area contributed by atoms with Crippen molar-refractivity contribution in [1.29, 1.82) is 0 Å². The number of halogens is 1. The largest absolute Gasteiger partial charge is 0.343 e. The van der Waals surface area contributed by atoms with Crippen LogP contribution in [0.25, 0.3) is 0 Å². The van der Waals surface area contributed by atoms with E-state index in [2.05, 4.69) is 10.2 Å². The third kappa shape index (κ3) is 1.07. The maximum Gasteiger partial charge on any atom is 0.343 e. The molecule has 0 saturated heterocycles. The molecule has 0 aromatic carbocycles. The number of nitrogens with one attached hydrogen (secondary N) is 1. The van der Waals surface area contributed by atoms with Crippen LogP contribution in [0.5, 0.6) is 0 Å². The minimum absolute atomic E-state index is 0.196. The van der Waals surface area contributed by atoms with Gasteiger partial charge in [-0.3, -0.25) is 4.57 Å². The van der Waals surface area contributed by atoms with Gasteiger partial charge < -0.3 is 0 Å². The quantitative estimate of drug-likeness (QED) is 0.636. The monoisotopic (exact) mass is 161 g/mol. The first-order valence-electron chi connectivity index (χ1n) is 2.99. The van der Waals surface area contributed by atoms with Crippen LogP contribution in [0.1, 0.15) is 12.7 Å². The summed E-state index contributed by atoms with van der Waals surface area (Å²) in [6.07, 6.45) is 0. The Bertz CT molecular complexity index is 264. The van der Waals surface area contributed by atoms with Crippen LogP contribution in [0.3, 0.4) is 0 Å². The van der Waals surface area contributed by atoms with E-state index in [9.17, 15) is 4.79 Å². The zero-order valence-corrected chi connectivity index (χ0v) is 6.35. The van der Waals surface area contributed by atoms with E-state index in [0.29, 0.717) is 12.4 Å². The lowest BCUT2D eigenvalue weighted by molar-refractivity contribution is 0.699. The summed E-state index contributed by atoms with van der Waals surface area (Å²) < 4.78 is 1.49. The van der Waals surface area contributed by atoms with E-state index < -0.39 is 0 Å². The molecule has 5 heteroatoms. The molecule has 0 spiro atoms.